The van der Waals surface area contributed by atoms with Crippen molar-refractivity contribution in [2.45, 2.75) is 46.6 Å². The zero-order valence-corrected chi connectivity index (χ0v) is 10.8. The summed E-state index contributed by atoms with van der Waals surface area (Å²) in [5.41, 5.74) is 2.36. The highest BCUT2D eigenvalue weighted by molar-refractivity contribution is 5.12. The minimum Gasteiger partial charge on any atom is -0.313 e. The predicted molar refractivity (Wildman–Crippen MR) is 69.4 cm³/mol. The van der Waals surface area contributed by atoms with Gasteiger partial charge in [-0.3, -0.25) is 4.98 Å². The van der Waals surface area contributed by atoms with E-state index in [9.17, 15) is 0 Å². The molecule has 16 heavy (non-hydrogen) atoms. The Labute approximate surface area is 99.5 Å². The molecule has 0 unspecified atom stereocenters. The Morgan fingerprint density at radius 3 is 2.69 bits per heavy atom. The van der Waals surface area contributed by atoms with Gasteiger partial charge in [-0.15, -0.1) is 0 Å². The highest BCUT2D eigenvalue weighted by atomic mass is 14.8. The molecule has 0 aliphatic carbocycles. The third-order valence-corrected chi connectivity index (χ3v) is 2.69. The zero-order valence-electron chi connectivity index (χ0n) is 10.8. The van der Waals surface area contributed by atoms with E-state index in [1.165, 1.54) is 24.8 Å². The fourth-order valence-electron chi connectivity index (χ4n) is 1.64. The van der Waals surface area contributed by atoms with Crippen molar-refractivity contribution in [1.29, 1.82) is 0 Å². The summed E-state index contributed by atoms with van der Waals surface area (Å²) < 4.78 is 0. The molecule has 2 heteroatoms. The SMILES string of the molecule is Cc1ccc(CNCCCCC(C)C)cn1. The van der Waals surface area contributed by atoms with E-state index < -0.39 is 0 Å². The van der Waals surface area contributed by atoms with Gasteiger partial charge in [-0.05, 0) is 37.4 Å². The van der Waals surface area contributed by atoms with E-state index in [1.54, 1.807) is 0 Å². The van der Waals surface area contributed by atoms with E-state index in [0.717, 1.165) is 24.7 Å². The number of nitrogens with one attached hydrogen (secondary N) is 1. The van der Waals surface area contributed by atoms with Crippen LogP contribution < -0.4 is 5.32 Å². The van der Waals surface area contributed by atoms with Crippen molar-refractivity contribution in [3.05, 3.63) is 29.6 Å². The van der Waals surface area contributed by atoms with Gasteiger partial charge in [0.15, 0.2) is 0 Å². The lowest BCUT2D eigenvalue weighted by atomic mass is 10.1. The normalized spacial score (nSPS) is 11.0. The number of aryl methyl sites for hydroxylation is 1. The fourth-order valence-corrected chi connectivity index (χ4v) is 1.64. The second kappa shape index (κ2) is 7.39. The van der Waals surface area contributed by atoms with E-state index >= 15 is 0 Å². The standard InChI is InChI=1S/C14H24N2/c1-12(2)6-4-5-9-15-10-14-8-7-13(3)16-11-14/h7-8,11-12,15H,4-6,9-10H2,1-3H3. The van der Waals surface area contributed by atoms with Gasteiger partial charge in [0, 0.05) is 18.4 Å². The maximum atomic E-state index is 4.28. The van der Waals surface area contributed by atoms with Gasteiger partial charge in [-0.1, -0.05) is 32.8 Å². The summed E-state index contributed by atoms with van der Waals surface area (Å²) in [6, 6.07) is 4.21. The molecule has 0 fully saturated rings. The molecule has 1 N–H and O–H groups in total. The van der Waals surface area contributed by atoms with Crippen LogP contribution in [0.2, 0.25) is 0 Å². The van der Waals surface area contributed by atoms with Crippen LogP contribution in [0.1, 0.15) is 44.4 Å². The van der Waals surface area contributed by atoms with Gasteiger partial charge >= 0.3 is 0 Å². The summed E-state index contributed by atoms with van der Waals surface area (Å²) in [4.78, 5) is 4.28. The van der Waals surface area contributed by atoms with Crippen LogP contribution in [0.15, 0.2) is 18.3 Å². The summed E-state index contributed by atoms with van der Waals surface area (Å²) in [7, 11) is 0. The molecule has 0 bridgehead atoms. The lowest BCUT2D eigenvalue weighted by Gasteiger charge is -2.06. The molecule has 1 heterocycles. The monoisotopic (exact) mass is 220 g/mol. The molecule has 1 aromatic rings. The van der Waals surface area contributed by atoms with Crippen LogP contribution >= 0.6 is 0 Å². The van der Waals surface area contributed by atoms with Gasteiger partial charge in [0.2, 0.25) is 0 Å². The van der Waals surface area contributed by atoms with Crippen molar-refractivity contribution in [3.63, 3.8) is 0 Å². The third-order valence-electron chi connectivity index (χ3n) is 2.69. The van der Waals surface area contributed by atoms with Crippen molar-refractivity contribution in [2.24, 2.45) is 5.92 Å². The molecular formula is C14H24N2. The van der Waals surface area contributed by atoms with Crippen LogP contribution in [0.4, 0.5) is 0 Å². The summed E-state index contributed by atoms with van der Waals surface area (Å²) in [5, 5.41) is 3.45. The van der Waals surface area contributed by atoms with Crippen LogP contribution in [0.3, 0.4) is 0 Å². The number of aromatic nitrogens is 1. The summed E-state index contributed by atoms with van der Waals surface area (Å²) in [6.07, 6.45) is 5.90. The Hall–Kier alpha value is -0.890. The van der Waals surface area contributed by atoms with Gasteiger partial charge in [0.05, 0.1) is 0 Å². The topological polar surface area (TPSA) is 24.9 Å². The summed E-state index contributed by atoms with van der Waals surface area (Å²) in [5.74, 6) is 0.835. The Morgan fingerprint density at radius 1 is 1.25 bits per heavy atom. The first kappa shape index (κ1) is 13.2. The number of pyridine rings is 1. The van der Waals surface area contributed by atoms with Crippen molar-refractivity contribution >= 4 is 0 Å². The molecule has 1 rings (SSSR count). The molecule has 0 spiro atoms. The number of rotatable bonds is 7. The first-order valence-electron chi connectivity index (χ1n) is 6.30. The average Bonchev–Trinajstić information content (AvgIpc) is 2.25. The smallest absolute Gasteiger partial charge is 0.0372 e. The van der Waals surface area contributed by atoms with Crippen LogP contribution in [0.25, 0.3) is 0 Å². The fraction of sp³-hybridized carbons (Fsp3) is 0.643. The van der Waals surface area contributed by atoms with E-state index in [2.05, 4.69) is 36.3 Å². The predicted octanol–water partition coefficient (Wildman–Crippen LogP) is 3.31. The number of hydrogen-bond donors (Lipinski definition) is 1. The molecule has 0 aromatic carbocycles. The Kier molecular flexibility index (Phi) is 6.09. The largest absolute Gasteiger partial charge is 0.313 e. The minimum absolute atomic E-state index is 0.835. The Bertz CT molecular complexity index is 277. The van der Waals surface area contributed by atoms with E-state index in [-0.39, 0.29) is 0 Å². The second-order valence-electron chi connectivity index (χ2n) is 4.87. The van der Waals surface area contributed by atoms with E-state index in [4.69, 9.17) is 0 Å². The van der Waals surface area contributed by atoms with Gasteiger partial charge in [0.25, 0.3) is 0 Å². The van der Waals surface area contributed by atoms with Gasteiger partial charge in [-0.25, -0.2) is 0 Å². The lowest BCUT2D eigenvalue weighted by Crippen LogP contribution is -2.14. The molecule has 0 atom stereocenters. The van der Waals surface area contributed by atoms with Crippen LogP contribution in [-0.2, 0) is 6.54 Å². The third kappa shape index (κ3) is 5.86. The molecule has 0 aliphatic rings. The number of unbranched alkanes of at least 4 members (excludes halogenated alkanes) is 1. The molecule has 0 aliphatic heterocycles. The molecule has 2 nitrogen and oxygen atoms in total. The van der Waals surface area contributed by atoms with Gasteiger partial charge < -0.3 is 5.32 Å². The van der Waals surface area contributed by atoms with Crippen molar-refractivity contribution in [3.8, 4) is 0 Å². The molecule has 1 aromatic heterocycles. The molecule has 0 saturated heterocycles. The maximum Gasteiger partial charge on any atom is 0.0372 e. The molecule has 0 radical (unpaired) electrons. The van der Waals surface area contributed by atoms with Crippen molar-refractivity contribution in [1.82, 2.24) is 10.3 Å². The highest BCUT2D eigenvalue weighted by Crippen LogP contribution is 2.05. The highest BCUT2D eigenvalue weighted by Gasteiger charge is 1.95. The maximum absolute atomic E-state index is 4.28. The number of nitrogens with zero attached hydrogens (tertiary/aromatic N) is 1. The first-order valence-corrected chi connectivity index (χ1v) is 6.30. The van der Waals surface area contributed by atoms with E-state index in [0.29, 0.717) is 0 Å². The molecule has 0 amide bonds. The van der Waals surface area contributed by atoms with Crippen molar-refractivity contribution in [2.75, 3.05) is 6.54 Å². The quantitative estimate of drug-likeness (QED) is 0.713. The first-order chi connectivity index (χ1) is 7.68. The Balaban J connectivity index is 2.05. The molecule has 90 valence electrons. The summed E-state index contributed by atoms with van der Waals surface area (Å²) >= 11 is 0. The van der Waals surface area contributed by atoms with Crippen LogP contribution in [0.5, 0.6) is 0 Å². The van der Waals surface area contributed by atoms with Crippen LogP contribution in [-0.4, -0.2) is 11.5 Å². The summed E-state index contributed by atoms with van der Waals surface area (Å²) in [6.45, 7) is 8.63. The minimum atomic E-state index is 0.835. The zero-order chi connectivity index (χ0) is 11.8. The lowest BCUT2D eigenvalue weighted by molar-refractivity contribution is 0.520. The van der Waals surface area contributed by atoms with E-state index in [1.807, 2.05) is 13.1 Å². The molecule has 0 saturated carbocycles. The van der Waals surface area contributed by atoms with Gasteiger partial charge in [-0.2, -0.15) is 0 Å². The van der Waals surface area contributed by atoms with Crippen LogP contribution in [0, 0.1) is 12.8 Å². The molecular weight excluding hydrogens is 196 g/mol. The average molecular weight is 220 g/mol. The second-order valence-corrected chi connectivity index (χ2v) is 4.87. The van der Waals surface area contributed by atoms with Crippen molar-refractivity contribution < 1.29 is 0 Å². The van der Waals surface area contributed by atoms with Gasteiger partial charge in [0.1, 0.15) is 0 Å². The Morgan fingerprint density at radius 2 is 2.06 bits per heavy atom. The number of hydrogen-bond acceptors (Lipinski definition) is 2.